The van der Waals surface area contributed by atoms with E-state index >= 15 is 0 Å². The predicted molar refractivity (Wildman–Crippen MR) is 120 cm³/mol. The van der Waals surface area contributed by atoms with Gasteiger partial charge in [0, 0.05) is 36.6 Å². The molecule has 4 nitrogen and oxygen atoms in total. The van der Waals surface area contributed by atoms with Gasteiger partial charge >= 0.3 is 0 Å². The van der Waals surface area contributed by atoms with E-state index in [1.807, 2.05) is 30.7 Å². The van der Waals surface area contributed by atoms with E-state index in [-0.39, 0.29) is 0 Å². The van der Waals surface area contributed by atoms with E-state index in [2.05, 4.69) is 21.2 Å². The van der Waals surface area contributed by atoms with Crippen LogP contribution in [-0.4, -0.2) is 27.5 Å². The number of imidazole rings is 1. The van der Waals surface area contributed by atoms with Crippen LogP contribution < -0.4 is 4.90 Å². The van der Waals surface area contributed by atoms with Crippen LogP contribution in [0.15, 0.2) is 46.6 Å². The van der Waals surface area contributed by atoms with Gasteiger partial charge in [-0.3, -0.25) is 4.40 Å². The fraction of sp³-hybridized carbons (Fsp3) is 0.455. The topological polar surface area (TPSA) is 33.4 Å². The molecule has 1 spiro atoms. The third-order valence-corrected chi connectivity index (χ3v) is 8.91. The van der Waals surface area contributed by atoms with Gasteiger partial charge in [0.1, 0.15) is 0 Å². The molecule has 3 heterocycles. The summed E-state index contributed by atoms with van der Waals surface area (Å²) in [7, 11) is 0. The highest BCUT2D eigenvalue weighted by molar-refractivity contribution is 7.99. The zero-order chi connectivity index (χ0) is 20.0. The molecule has 0 amide bonds. The number of hydrogen-bond donors (Lipinski definition) is 0. The molecule has 0 N–H and O–H groups in total. The molecular formula is C22H24Cl2N4S. The summed E-state index contributed by atoms with van der Waals surface area (Å²) >= 11 is 14.1. The number of benzene rings is 1. The molecule has 2 fully saturated rings. The maximum absolute atomic E-state index is 6.38. The average molecular weight is 447 g/mol. The first-order chi connectivity index (χ1) is 14.1. The van der Waals surface area contributed by atoms with E-state index in [4.69, 9.17) is 28.2 Å². The van der Waals surface area contributed by atoms with Crippen LogP contribution in [0.25, 0.3) is 5.65 Å². The summed E-state index contributed by atoms with van der Waals surface area (Å²) in [4.78, 5) is 13.7. The van der Waals surface area contributed by atoms with Crippen LogP contribution in [0, 0.1) is 11.3 Å². The normalized spacial score (nSPS) is 21.3. The lowest BCUT2D eigenvalue weighted by Crippen LogP contribution is -2.42. The summed E-state index contributed by atoms with van der Waals surface area (Å²) in [5.41, 5.74) is 1.47. The van der Waals surface area contributed by atoms with Crippen molar-refractivity contribution in [3.63, 3.8) is 0 Å². The molecule has 0 radical (unpaired) electrons. The Morgan fingerprint density at radius 3 is 2.69 bits per heavy atom. The summed E-state index contributed by atoms with van der Waals surface area (Å²) in [6.07, 6.45) is 12.5. The molecule has 1 atom stereocenters. The number of anilines is 1. The second-order valence-corrected chi connectivity index (χ2v) is 10.2. The van der Waals surface area contributed by atoms with Crippen molar-refractivity contribution < 1.29 is 0 Å². The highest BCUT2D eigenvalue weighted by atomic mass is 35.5. The quantitative estimate of drug-likeness (QED) is 0.453. The number of aromatic nitrogens is 3. The molecule has 5 rings (SSSR count). The van der Waals surface area contributed by atoms with Crippen molar-refractivity contribution in [1.29, 1.82) is 0 Å². The predicted octanol–water partition coefficient (Wildman–Crippen LogP) is 6.59. The first kappa shape index (κ1) is 19.5. The Balaban J connectivity index is 1.42. The molecule has 1 saturated heterocycles. The minimum absolute atomic E-state index is 0.559. The number of fused-ring (bicyclic) bond motifs is 1. The Morgan fingerprint density at radius 2 is 1.93 bits per heavy atom. The molecule has 2 aromatic heterocycles. The number of rotatable bonds is 3. The number of halogens is 2. The van der Waals surface area contributed by atoms with E-state index in [1.54, 1.807) is 17.8 Å². The standard InChI is InChI=1S/C22H24Cl2N4S/c1-15-4-3-7-22(15)8-11-27(12-9-22)21-26-14-18(20-25-10-13-28(20)21)29-17-6-2-5-16(23)19(17)24/h2,5-6,10,13-15H,3-4,7-9,11-12H2,1H3/t15-/m1/s1. The molecule has 2 aliphatic rings. The largest absolute Gasteiger partial charge is 0.342 e. The lowest BCUT2D eigenvalue weighted by molar-refractivity contribution is 0.161. The second kappa shape index (κ2) is 7.68. The van der Waals surface area contributed by atoms with Gasteiger partial charge in [-0.2, -0.15) is 0 Å². The van der Waals surface area contributed by atoms with Crippen LogP contribution in [0.1, 0.15) is 39.0 Å². The summed E-state index contributed by atoms with van der Waals surface area (Å²) in [6, 6.07) is 5.68. The van der Waals surface area contributed by atoms with Gasteiger partial charge in [0.15, 0.2) is 5.65 Å². The minimum Gasteiger partial charge on any atom is -0.342 e. The molecule has 3 aromatic rings. The molecule has 7 heteroatoms. The Kier molecular flexibility index (Phi) is 5.17. The van der Waals surface area contributed by atoms with Crippen LogP contribution in [0.2, 0.25) is 10.0 Å². The second-order valence-electron chi connectivity index (χ2n) is 8.34. The molecule has 1 aliphatic carbocycles. The average Bonchev–Trinajstić information content (AvgIpc) is 3.35. The zero-order valence-electron chi connectivity index (χ0n) is 16.4. The van der Waals surface area contributed by atoms with Crippen molar-refractivity contribution in [3.05, 3.63) is 46.8 Å². The SMILES string of the molecule is C[C@@H]1CCCC12CCN(c1ncc(Sc3cccc(Cl)c3Cl)c3nccn13)CC2. The minimum atomic E-state index is 0.559. The Labute approximate surface area is 185 Å². The Hall–Kier alpha value is -1.43. The lowest BCUT2D eigenvalue weighted by atomic mass is 9.71. The first-order valence-electron chi connectivity index (χ1n) is 10.3. The van der Waals surface area contributed by atoms with Gasteiger partial charge in [-0.15, -0.1) is 0 Å². The molecule has 0 unspecified atom stereocenters. The van der Waals surface area contributed by atoms with Gasteiger partial charge in [-0.05, 0) is 42.7 Å². The van der Waals surface area contributed by atoms with Gasteiger partial charge in [0.25, 0.3) is 0 Å². The van der Waals surface area contributed by atoms with Crippen molar-refractivity contribution >= 4 is 46.6 Å². The van der Waals surface area contributed by atoms with E-state index in [1.165, 1.54) is 32.1 Å². The van der Waals surface area contributed by atoms with Crippen LogP contribution >= 0.6 is 35.0 Å². The zero-order valence-corrected chi connectivity index (χ0v) is 18.8. The van der Waals surface area contributed by atoms with E-state index in [9.17, 15) is 0 Å². The van der Waals surface area contributed by atoms with Crippen molar-refractivity contribution in [1.82, 2.24) is 14.4 Å². The van der Waals surface area contributed by atoms with Crippen molar-refractivity contribution in [3.8, 4) is 0 Å². The molecule has 1 aliphatic heterocycles. The third-order valence-electron chi connectivity index (χ3n) is 6.91. The highest BCUT2D eigenvalue weighted by Gasteiger charge is 2.42. The fourth-order valence-electron chi connectivity index (χ4n) is 5.08. The van der Waals surface area contributed by atoms with Gasteiger partial charge in [0.05, 0.1) is 14.9 Å². The van der Waals surface area contributed by atoms with E-state index in [0.717, 1.165) is 40.4 Å². The van der Waals surface area contributed by atoms with Crippen molar-refractivity contribution in [2.45, 2.75) is 48.8 Å². The Morgan fingerprint density at radius 1 is 1.10 bits per heavy atom. The van der Waals surface area contributed by atoms with Gasteiger partial charge < -0.3 is 4.90 Å². The van der Waals surface area contributed by atoms with Gasteiger partial charge in [-0.25, -0.2) is 9.97 Å². The molecule has 29 heavy (non-hydrogen) atoms. The molecule has 152 valence electrons. The first-order valence-corrected chi connectivity index (χ1v) is 11.8. The summed E-state index contributed by atoms with van der Waals surface area (Å²) < 4.78 is 2.11. The highest BCUT2D eigenvalue weighted by Crippen LogP contribution is 2.50. The monoisotopic (exact) mass is 446 g/mol. The number of nitrogens with zero attached hydrogens (tertiary/aromatic N) is 4. The van der Waals surface area contributed by atoms with Gasteiger partial charge in [-0.1, -0.05) is 60.8 Å². The third kappa shape index (κ3) is 3.41. The lowest BCUT2D eigenvalue weighted by Gasteiger charge is -2.42. The summed E-state index contributed by atoms with van der Waals surface area (Å²) in [5, 5.41) is 1.13. The fourth-order valence-corrected chi connectivity index (χ4v) is 6.48. The molecule has 1 aromatic carbocycles. The van der Waals surface area contributed by atoms with Gasteiger partial charge in [0.2, 0.25) is 5.95 Å². The smallest absolute Gasteiger partial charge is 0.211 e. The van der Waals surface area contributed by atoms with Crippen LogP contribution in [-0.2, 0) is 0 Å². The van der Waals surface area contributed by atoms with Crippen molar-refractivity contribution in [2.24, 2.45) is 11.3 Å². The van der Waals surface area contributed by atoms with Crippen molar-refractivity contribution in [2.75, 3.05) is 18.0 Å². The Bertz CT molecular complexity index is 1040. The molecule has 0 bridgehead atoms. The van der Waals surface area contributed by atoms with Crippen LogP contribution in [0.4, 0.5) is 5.95 Å². The molecule has 1 saturated carbocycles. The maximum atomic E-state index is 6.38. The van der Waals surface area contributed by atoms with Crippen LogP contribution in [0.5, 0.6) is 0 Å². The summed E-state index contributed by atoms with van der Waals surface area (Å²) in [6.45, 7) is 4.58. The van der Waals surface area contributed by atoms with E-state index < -0.39 is 0 Å². The number of piperidine rings is 1. The molecular weight excluding hydrogens is 423 g/mol. The maximum Gasteiger partial charge on any atom is 0.211 e. The number of hydrogen-bond acceptors (Lipinski definition) is 4. The van der Waals surface area contributed by atoms with E-state index in [0.29, 0.717) is 15.5 Å². The summed E-state index contributed by atoms with van der Waals surface area (Å²) in [5.74, 6) is 1.84. The van der Waals surface area contributed by atoms with Crippen LogP contribution in [0.3, 0.4) is 0 Å².